The van der Waals surface area contributed by atoms with E-state index < -0.39 is 0 Å². The second-order valence-electron chi connectivity index (χ2n) is 4.03. The van der Waals surface area contributed by atoms with Gasteiger partial charge < -0.3 is 15.2 Å². The summed E-state index contributed by atoms with van der Waals surface area (Å²) in [4.78, 5) is 3.97. The van der Waals surface area contributed by atoms with E-state index in [1.807, 2.05) is 24.3 Å². The van der Waals surface area contributed by atoms with Gasteiger partial charge in [0.2, 0.25) is 0 Å². The Morgan fingerprint density at radius 2 is 1.95 bits per heavy atom. The van der Waals surface area contributed by atoms with Crippen LogP contribution >= 0.6 is 15.9 Å². The van der Waals surface area contributed by atoms with E-state index in [4.69, 9.17) is 15.2 Å². The van der Waals surface area contributed by atoms with E-state index in [2.05, 4.69) is 20.9 Å². The molecule has 0 fully saturated rings. The topological polar surface area (TPSA) is 57.4 Å². The van der Waals surface area contributed by atoms with Gasteiger partial charge >= 0.3 is 0 Å². The Morgan fingerprint density at radius 3 is 2.58 bits per heavy atom. The lowest BCUT2D eigenvalue weighted by Crippen LogP contribution is -1.96. The number of hydrogen-bond donors (Lipinski definition) is 1. The Morgan fingerprint density at radius 1 is 1.21 bits per heavy atom. The van der Waals surface area contributed by atoms with Crippen molar-refractivity contribution in [2.75, 3.05) is 19.5 Å². The van der Waals surface area contributed by atoms with Crippen molar-refractivity contribution in [3.05, 3.63) is 46.7 Å². The van der Waals surface area contributed by atoms with Gasteiger partial charge in [-0.15, -0.1) is 0 Å². The number of anilines is 1. The van der Waals surface area contributed by atoms with E-state index in [-0.39, 0.29) is 0 Å². The summed E-state index contributed by atoms with van der Waals surface area (Å²) in [5.74, 6) is 1.32. The average Bonchev–Trinajstić information content (AvgIpc) is 2.42. The first-order valence-corrected chi connectivity index (χ1v) is 6.64. The molecule has 0 amide bonds. The predicted molar refractivity (Wildman–Crippen MR) is 78.4 cm³/mol. The van der Waals surface area contributed by atoms with Crippen molar-refractivity contribution in [1.29, 1.82) is 0 Å². The van der Waals surface area contributed by atoms with Crippen LogP contribution in [0.25, 0.3) is 0 Å². The molecule has 0 aliphatic carbocycles. The minimum absolute atomic E-state index is 0.498. The van der Waals surface area contributed by atoms with Crippen LogP contribution < -0.4 is 10.5 Å². The first kappa shape index (κ1) is 13.8. The average molecular weight is 323 g/mol. The van der Waals surface area contributed by atoms with E-state index in [1.165, 1.54) is 5.56 Å². The molecule has 2 rings (SSSR count). The highest BCUT2D eigenvalue weighted by atomic mass is 79.9. The number of benzene rings is 1. The Bertz CT molecular complexity index is 523. The molecule has 0 saturated carbocycles. The van der Waals surface area contributed by atoms with E-state index >= 15 is 0 Å². The molecule has 0 radical (unpaired) electrons. The van der Waals surface area contributed by atoms with Crippen LogP contribution in [0.1, 0.15) is 5.56 Å². The van der Waals surface area contributed by atoms with Crippen molar-refractivity contribution in [2.24, 2.45) is 0 Å². The number of pyridine rings is 1. The molecule has 5 heteroatoms. The lowest BCUT2D eigenvalue weighted by molar-refractivity contribution is 0.202. The number of nitrogens with two attached hydrogens (primary N) is 1. The Labute approximate surface area is 120 Å². The molecule has 0 bridgehead atoms. The molecule has 1 aromatic heterocycles. The first-order chi connectivity index (χ1) is 9.20. The number of methoxy groups -OCH3 is 1. The quantitative estimate of drug-likeness (QED) is 0.916. The van der Waals surface area contributed by atoms with E-state index in [0.29, 0.717) is 18.0 Å². The zero-order valence-electron chi connectivity index (χ0n) is 10.6. The zero-order chi connectivity index (χ0) is 13.7. The van der Waals surface area contributed by atoms with Crippen molar-refractivity contribution in [3.8, 4) is 11.5 Å². The first-order valence-electron chi connectivity index (χ1n) is 5.85. The SMILES string of the molecule is COCCc1ccc(Oc2c(N)cncc2Br)cc1. The molecule has 0 aliphatic rings. The second-order valence-corrected chi connectivity index (χ2v) is 4.88. The lowest BCUT2D eigenvalue weighted by Gasteiger charge is -2.10. The van der Waals surface area contributed by atoms with Crippen molar-refractivity contribution in [1.82, 2.24) is 4.98 Å². The smallest absolute Gasteiger partial charge is 0.167 e. The van der Waals surface area contributed by atoms with Crippen LogP contribution in [-0.4, -0.2) is 18.7 Å². The lowest BCUT2D eigenvalue weighted by atomic mass is 10.1. The second kappa shape index (κ2) is 6.54. The van der Waals surface area contributed by atoms with Gasteiger partial charge in [-0.1, -0.05) is 12.1 Å². The molecule has 1 aromatic carbocycles. The maximum atomic E-state index is 5.83. The van der Waals surface area contributed by atoms with Gasteiger partial charge in [0, 0.05) is 13.3 Å². The third-order valence-corrected chi connectivity index (χ3v) is 3.18. The normalized spacial score (nSPS) is 10.4. The van der Waals surface area contributed by atoms with Crippen molar-refractivity contribution in [2.45, 2.75) is 6.42 Å². The van der Waals surface area contributed by atoms with Gasteiger partial charge in [0.25, 0.3) is 0 Å². The highest BCUT2D eigenvalue weighted by Crippen LogP contribution is 2.33. The molecule has 0 saturated heterocycles. The molecule has 0 unspecified atom stereocenters. The van der Waals surface area contributed by atoms with Gasteiger partial charge in [0.05, 0.1) is 23.0 Å². The molecule has 1 heterocycles. The molecule has 0 atom stereocenters. The minimum Gasteiger partial charge on any atom is -0.454 e. The molecular formula is C14H15BrN2O2. The predicted octanol–water partition coefficient (Wildman–Crippen LogP) is 3.41. The van der Waals surface area contributed by atoms with Crippen LogP contribution in [0.2, 0.25) is 0 Å². The monoisotopic (exact) mass is 322 g/mol. The summed E-state index contributed by atoms with van der Waals surface area (Å²) in [7, 11) is 1.70. The van der Waals surface area contributed by atoms with Gasteiger partial charge in [-0.3, -0.25) is 4.98 Å². The number of halogens is 1. The van der Waals surface area contributed by atoms with Gasteiger partial charge in [-0.25, -0.2) is 0 Å². The van der Waals surface area contributed by atoms with Crippen LogP contribution in [-0.2, 0) is 11.2 Å². The van der Waals surface area contributed by atoms with Gasteiger partial charge in [0.15, 0.2) is 5.75 Å². The summed E-state index contributed by atoms with van der Waals surface area (Å²) in [5.41, 5.74) is 7.53. The van der Waals surface area contributed by atoms with Crippen molar-refractivity contribution >= 4 is 21.6 Å². The van der Waals surface area contributed by atoms with Crippen molar-refractivity contribution in [3.63, 3.8) is 0 Å². The minimum atomic E-state index is 0.498. The van der Waals surface area contributed by atoms with Crippen LogP contribution in [0.4, 0.5) is 5.69 Å². The largest absolute Gasteiger partial charge is 0.454 e. The fourth-order valence-electron chi connectivity index (χ4n) is 1.61. The maximum Gasteiger partial charge on any atom is 0.167 e. The highest BCUT2D eigenvalue weighted by Gasteiger charge is 2.07. The van der Waals surface area contributed by atoms with E-state index in [1.54, 1.807) is 19.5 Å². The molecule has 4 nitrogen and oxygen atoms in total. The summed E-state index contributed by atoms with van der Waals surface area (Å²) < 4.78 is 11.5. The van der Waals surface area contributed by atoms with Crippen LogP contribution in [0.5, 0.6) is 11.5 Å². The molecule has 2 N–H and O–H groups in total. The number of rotatable bonds is 5. The number of ether oxygens (including phenoxy) is 2. The van der Waals surface area contributed by atoms with E-state index in [0.717, 1.165) is 16.6 Å². The number of aromatic nitrogens is 1. The molecule has 0 spiro atoms. The third-order valence-electron chi connectivity index (χ3n) is 2.62. The third kappa shape index (κ3) is 3.68. The standard InChI is InChI=1S/C14H15BrN2O2/c1-18-7-6-10-2-4-11(5-3-10)19-14-12(15)8-17-9-13(14)16/h2-5,8-9H,6-7,16H2,1H3. The summed E-state index contributed by atoms with van der Waals surface area (Å²) in [6.07, 6.45) is 4.10. The number of nitrogens with zero attached hydrogens (tertiary/aromatic N) is 1. The van der Waals surface area contributed by atoms with Gasteiger partial charge in [-0.2, -0.15) is 0 Å². The summed E-state index contributed by atoms with van der Waals surface area (Å²) in [6, 6.07) is 7.86. The van der Waals surface area contributed by atoms with E-state index in [9.17, 15) is 0 Å². The summed E-state index contributed by atoms with van der Waals surface area (Å²) in [6.45, 7) is 0.711. The Balaban J connectivity index is 2.11. The highest BCUT2D eigenvalue weighted by molar-refractivity contribution is 9.10. The van der Waals surface area contributed by atoms with Crippen molar-refractivity contribution < 1.29 is 9.47 Å². The Hall–Kier alpha value is -1.59. The van der Waals surface area contributed by atoms with Gasteiger partial charge in [0.1, 0.15) is 5.75 Å². The number of hydrogen-bond acceptors (Lipinski definition) is 4. The Kier molecular flexibility index (Phi) is 4.76. The molecular weight excluding hydrogens is 308 g/mol. The summed E-state index contributed by atoms with van der Waals surface area (Å²) in [5, 5.41) is 0. The molecule has 2 aromatic rings. The van der Waals surface area contributed by atoms with Crippen LogP contribution in [0, 0.1) is 0 Å². The molecule has 0 aliphatic heterocycles. The maximum absolute atomic E-state index is 5.83. The summed E-state index contributed by atoms with van der Waals surface area (Å²) >= 11 is 3.37. The fraction of sp³-hybridized carbons (Fsp3) is 0.214. The number of nitrogen functional groups attached to an aromatic ring is 1. The van der Waals surface area contributed by atoms with Gasteiger partial charge in [-0.05, 0) is 40.0 Å². The fourth-order valence-corrected chi connectivity index (χ4v) is 2.04. The zero-order valence-corrected chi connectivity index (χ0v) is 12.2. The molecule has 100 valence electrons. The van der Waals surface area contributed by atoms with Crippen LogP contribution in [0.3, 0.4) is 0 Å². The van der Waals surface area contributed by atoms with Crippen LogP contribution in [0.15, 0.2) is 41.1 Å². The molecule has 19 heavy (non-hydrogen) atoms.